The molecule has 4 rings (SSSR count). The first kappa shape index (κ1) is 18.7. The van der Waals surface area contributed by atoms with Crippen molar-refractivity contribution in [2.75, 3.05) is 18.5 Å². The summed E-state index contributed by atoms with van der Waals surface area (Å²) < 4.78 is 12.1. The summed E-state index contributed by atoms with van der Waals surface area (Å²) >= 11 is 6.03. The number of nitrogens with one attached hydrogen (secondary N) is 1. The Balaban J connectivity index is 1.41. The van der Waals surface area contributed by atoms with Gasteiger partial charge in [0.25, 0.3) is 5.91 Å². The van der Waals surface area contributed by atoms with Gasteiger partial charge in [-0.05, 0) is 30.3 Å². The molecule has 9 heteroatoms. The molecule has 0 saturated carbocycles. The standard InChI is InChI=1S/C20H15ClN4O4/c21-15-5-6-17(25-12-22-11-23-25)16(8-15)24-19(26)10-29-20(27)14-7-13-3-1-2-4-18(13)28-9-14/h1-8,11-12H,9-10H2,(H,24,26). The number of benzene rings is 2. The molecule has 0 spiro atoms. The first-order valence-electron chi connectivity index (χ1n) is 8.64. The number of carbonyl (C=O) groups excluding carboxylic acids is 2. The van der Waals surface area contributed by atoms with E-state index in [4.69, 9.17) is 21.1 Å². The van der Waals surface area contributed by atoms with Crippen molar-refractivity contribution in [3.05, 3.63) is 71.3 Å². The molecule has 0 bridgehead atoms. The van der Waals surface area contributed by atoms with Gasteiger partial charge in [-0.1, -0.05) is 29.8 Å². The second-order valence-electron chi connectivity index (χ2n) is 6.12. The fourth-order valence-electron chi connectivity index (χ4n) is 2.78. The Morgan fingerprint density at radius 1 is 1.24 bits per heavy atom. The third-order valence-electron chi connectivity index (χ3n) is 4.13. The maximum Gasteiger partial charge on any atom is 0.338 e. The second kappa shape index (κ2) is 8.15. The van der Waals surface area contributed by atoms with Crippen LogP contribution < -0.4 is 10.1 Å². The SMILES string of the molecule is O=C(COC(=O)C1=Cc2ccccc2OC1)Nc1cc(Cl)ccc1-n1cncn1. The van der Waals surface area contributed by atoms with Gasteiger partial charge in [-0.15, -0.1) is 0 Å². The average Bonchev–Trinajstić information content (AvgIpc) is 3.26. The van der Waals surface area contributed by atoms with Crippen LogP contribution in [-0.4, -0.2) is 39.9 Å². The van der Waals surface area contributed by atoms with Gasteiger partial charge in [0.05, 0.1) is 16.9 Å². The first-order valence-corrected chi connectivity index (χ1v) is 9.02. The van der Waals surface area contributed by atoms with Crippen LogP contribution in [0.15, 0.2) is 60.7 Å². The number of nitrogens with zero attached hydrogens (tertiary/aromatic N) is 3. The zero-order chi connectivity index (χ0) is 20.2. The number of carbonyl (C=O) groups is 2. The van der Waals surface area contributed by atoms with Crippen molar-refractivity contribution in [1.82, 2.24) is 14.8 Å². The van der Waals surface area contributed by atoms with Gasteiger partial charge in [-0.3, -0.25) is 4.79 Å². The van der Waals surface area contributed by atoms with Crippen molar-refractivity contribution >= 4 is 35.2 Å². The lowest BCUT2D eigenvalue weighted by molar-refractivity contribution is -0.143. The smallest absolute Gasteiger partial charge is 0.338 e. The van der Waals surface area contributed by atoms with Crippen LogP contribution in [0.5, 0.6) is 5.75 Å². The van der Waals surface area contributed by atoms with Crippen molar-refractivity contribution in [3.8, 4) is 11.4 Å². The van der Waals surface area contributed by atoms with Gasteiger partial charge < -0.3 is 14.8 Å². The van der Waals surface area contributed by atoms with E-state index in [2.05, 4.69) is 15.4 Å². The molecule has 2 aromatic carbocycles. The van der Waals surface area contributed by atoms with Crippen LogP contribution in [0.3, 0.4) is 0 Å². The molecule has 1 aromatic heterocycles. The molecule has 1 aliphatic heterocycles. The number of para-hydroxylation sites is 1. The minimum Gasteiger partial charge on any atom is -0.488 e. The highest BCUT2D eigenvalue weighted by atomic mass is 35.5. The molecule has 0 atom stereocenters. The highest BCUT2D eigenvalue weighted by Crippen LogP contribution is 2.26. The third-order valence-corrected chi connectivity index (χ3v) is 4.36. The summed E-state index contributed by atoms with van der Waals surface area (Å²) in [5.41, 5.74) is 2.11. The Kier molecular flexibility index (Phi) is 5.26. The molecule has 8 nitrogen and oxygen atoms in total. The summed E-state index contributed by atoms with van der Waals surface area (Å²) in [6.07, 6.45) is 4.56. The molecule has 1 N–H and O–H groups in total. The van der Waals surface area contributed by atoms with Gasteiger partial charge in [0.2, 0.25) is 0 Å². The average molecular weight is 411 g/mol. The largest absolute Gasteiger partial charge is 0.488 e. The van der Waals surface area contributed by atoms with Crippen LogP contribution >= 0.6 is 11.6 Å². The van der Waals surface area contributed by atoms with Crippen LogP contribution in [0, 0.1) is 0 Å². The summed E-state index contributed by atoms with van der Waals surface area (Å²) in [5.74, 6) is -0.430. The quantitative estimate of drug-likeness (QED) is 0.650. The van der Waals surface area contributed by atoms with Gasteiger partial charge in [-0.25, -0.2) is 14.5 Å². The minimum atomic E-state index is -0.614. The van der Waals surface area contributed by atoms with Crippen molar-refractivity contribution in [1.29, 1.82) is 0 Å². The monoisotopic (exact) mass is 410 g/mol. The maximum absolute atomic E-state index is 12.3. The van der Waals surface area contributed by atoms with Gasteiger partial charge >= 0.3 is 5.97 Å². The number of esters is 1. The lowest BCUT2D eigenvalue weighted by Gasteiger charge is -2.17. The zero-order valence-corrected chi connectivity index (χ0v) is 15.8. The van der Waals surface area contributed by atoms with Crippen molar-refractivity contribution in [2.24, 2.45) is 0 Å². The van der Waals surface area contributed by atoms with Crippen LogP contribution in [0.25, 0.3) is 11.8 Å². The lowest BCUT2D eigenvalue weighted by atomic mass is 10.1. The second-order valence-corrected chi connectivity index (χ2v) is 6.56. The lowest BCUT2D eigenvalue weighted by Crippen LogP contribution is -2.24. The molecule has 146 valence electrons. The Morgan fingerprint density at radius 3 is 2.93 bits per heavy atom. The molecule has 0 saturated heterocycles. The predicted molar refractivity (Wildman–Crippen MR) is 106 cm³/mol. The summed E-state index contributed by atoms with van der Waals surface area (Å²) in [5, 5.41) is 7.15. The van der Waals surface area contributed by atoms with Gasteiger partial charge in [0.15, 0.2) is 6.61 Å². The van der Waals surface area contributed by atoms with E-state index < -0.39 is 18.5 Å². The van der Waals surface area contributed by atoms with Crippen LogP contribution in [0.2, 0.25) is 5.02 Å². The molecular formula is C20H15ClN4O4. The molecule has 0 aliphatic carbocycles. The topological polar surface area (TPSA) is 95.3 Å². The van der Waals surface area contributed by atoms with E-state index in [1.807, 2.05) is 24.3 Å². The van der Waals surface area contributed by atoms with E-state index in [1.165, 1.54) is 17.3 Å². The number of rotatable bonds is 5. The summed E-state index contributed by atoms with van der Waals surface area (Å²) in [4.78, 5) is 28.5. The summed E-state index contributed by atoms with van der Waals surface area (Å²) in [7, 11) is 0. The Hall–Kier alpha value is -3.65. The fraction of sp³-hybridized carbons (Fsp3) is 0.100. The predicted octanol–water partition coefficient (Wildman–Crippen LogP) is 2.88. The number of ether oxygens (including phenoxy) is 2. The molecule has 0 unspecified atom stereocenters. The number of amides is 1. The number of hydrogen-bond donors (Lipinski definition) is 1. The molecule has 29 heavy (non-hydrogen) atoms. The van der Waals surface area contributed by atoms with Gasteiger partial charge in [0, 0.05) is 10.6 Å². The minimum absolute atomic E-state index is 0.0855. The normalized spacial score (nSPS) is 12.4. The molecule has 0 radical (unpaired) electrons. The highest BCUT2D eigenvalue weighted by Gasteiger charge is 2.19. The Morgan fingerprint density at radius 2 is 2.10 bits per heavy atom. The zero-order valence-electron chi connectivity index (χ0n) is 15.0. The Labute approximate surface area is 170 Å². The van der Waals surface area contributed by atoms with E-state index in [9.17, 15) is 9.59 Å². The third kappa shape index (κ3) is 4.27. The summed E-state index contributed by atoms with van der Waals surface area (Å²) in [6, 6.07) is 12.3. The molecule has 3 aromatic rings. The molecular weight excluding hydrogens is 396 g/mol. The fourth-order valence-corrected chi connectivity index (χ4v) is 2.96. The van der Waals surface area contributed by atoms with Crippen LogP contribution in [-0.2, 0) is 14.3 Å². The first-order chi connectivity index (χ1) is 14.1. The number of hydrogen-bond acceptors (Lipinski definition) is 6. The highest BCUT2D eigenvalue weighted by molar-refractivity contribution is 6.31. The Bertz CT molecular complexity index is 1100. The van der Waals surface area contributed by atoms with E-state index in [0.717, 1.165) is 5.56 Å². The van der Waals surface area contributed by atoms with Crippen molar-refractivity contribution in [3.63, 3.8) is 0 Å². The molecule has 0 fully saturated rings. The van der Waals surface area contributed by atoms with Crippen molar-refractivity contribution < 1.29 is 19.1 Å². The number of halogens is 1. The van der Waals surface area contributed by atoms with Gasteiger partial charge in [0.1, 0.15) is 25.0 Å². The number of anilines is 1. The number of aromatic nitrogens is 3. The molecule has 1 aliphatic rings. The van der Waals surface area contributed by atoms with Crippen LogP contribution in [0.1, 0.15) is 5.56 Å². The summed E-state index contributed by atoms with van der Waals surface area (Å²) in [6.45, 7) is -0.372. The molecule has 1 amide bonds. The van der Waals surface area contributed by atoms with E-state index in [1.54, 1.807) is 24.3 Å². The molecule has 2 heterocycles. The van der Waals surface area contributed by atoms with Crippen molar-refractivity contribution in [2.45, 2.75) is 0 Å². The van der Waals surface area contributed by atoms with E-state index in [-0.39, 0.29) is 6.61 Å². The van der Waals surface area contributed by atoms with E-state index >= 15 is 0 Å². The number of fused-ring (bicyclic) bond motifs is 1. The van der Waals surface area contributed by atoms with Gasteiger partial charge in [-0.2, -0.15) is 5.10 Å². The van der Waals surface area contributed by atoms with E-state index in [0.29, 0.717) is 27.7 Å². The van der Waals surface area contributed by atoms with Crippen LogP contribution in [0.4, 0.5) is 5.69 Å². The maximum atomic E-state index is 12.3.